The Morgan fingerprint density at radius 2 is 1.30 bits per heavy atom. The minimum Gasteiger partial charge on any atom is -0.463 e. The van der Waals surface area contributed by atoms with Crippen molar-refractivity contribution in [3.63, 3.8) is 0 Å². The van der Waals surface area contributed by atoms with Gasteiger partial charge in [0.15, 0.2) is 5.78 Å². The summed E-state index contributed by atoms with van der Waals surface area (Å²) in [7, 11) is 0. The van der Waals surface area contributed by atoms with Crippen LogP contribution in [0.25, 0.3) is 0 Å². The van der Waals surface area contributed by atoms with E-state index in [0.29, 0.717) is 12.8 Å². The van der Waals surface area contributed by atoms with Crippen molar-refractivity contribution in [1.29, 1.82) is 0 Å². The summed E-state index contributed by atoms with van der Waals surface area (Å²) in [4.78, 5) is 45.8. The molecule has 3 atom stereocenters. The molecule has 0 N–H and O–H groups in total. The van der Waals surface area contributed by atoms with Gasteiger partial charge in [-0.05, 0) is 12.8 Å². The lowest BCUT2D eigenvalue weighted by Crippen LogP contribution is -2.31. The molecular weight excluding hydrogens is 396 g/mol. The number of esters is 3. The van der Waals surface area contributed by atoms with Crippen LogP contribution in [0, 0.1) is 5.92 Å². The number of carbonyl (C=O) groups excluding carboxylic acids is 4. The normalized spacial score (nSPS) is 20.3. The van der Waals surface area contributed by atoms with Gasteiger partial charge in [0.1, 0.15) is 19.3 Å². The van der Waals surface area contributed by atoms with Gasteiger partial charge in [0, 0.05) is 30.6 Å². The predicted octanol–water partition coefficient (Wildman–Crippen LogP) is 1.31. The molecule has 0 saturated heterocycles. The monoisotopic (exact) mass is 424 g/mol. The van der Waals surface area contributed by atoms with Crippen LogP contribution < -0.4 is 0 Å². The largest absolute Gasteiger partial charge is 0.463 e. The first kappa shape index (κ1) is 25.3. The van der Waals surface area contributed by atoms with Gasteiger partial charge in [0.05, 0.1) is 25.9 Å². The summed E-state index contributed by atoms with van der Waals surface area (Å²) in [5, 5.41) is 0. The third-order valence-corrected chi connectivity index (χ3v) is 4.30. The summed E-state index contributed by atoms with van der Waals surface area (Å²) >= 11 is 0. The van der Waals surface area contributed by atoms with Crippen LogP contribution >= 0.6 is 0 Å². The number of ether oxygens (including phenoxy) is 5. The second-order valence-electron chi connectivity index (χ2n) is 6.29. The Morgan fingerprint density at radius 3 is 1.83 bits per heavy atom. The van der Waals surface area contributed by atoms with Gasteiger partial charge in [-0.25, -0.2) is 14.4 Å². The van der Waals surface area contributed by atoms with E-state index < -0.39 is 30.1 Å². The smallest absolute Gasteiger partial charge is 0.330 e. The maximum absolute atomic E-state index is 12.4. The van der Waals surface area contributed by atoms with Crippen molar-refractivity contribution in [1.82, 2.24) is 0 Å². The fourth-order valence-corrected chi connectivity index (χ4v) is 2.96. The molecule has 9 nitrogen and oxygen atoms in total. The summed E-state index contributed by atoms with van der Waals surface area (Å²) < 4.78 is 26.1. The first-order chi connectivity index (χ1) is 14.4. The van der Waals surface area contributed by atoms with Crippen molar-refractivity contribution in [3.8, 4) is 0 Å². The summed E-state index contributed by atoms with van der Waals surface area (Å²) in [6.07, 6.45) is 3.14. The van der Waals surface area contributed by atoms with Gasteiger partial charge < -0.3 is 23.7 Å². The van der Waals surface area contributed by atoms with E-state index in [0.717, 1.165) is 18.2 Å². The molecule has 1 rings (SSSR count). The maximum Gasteiger partial charge on any atom is 0.330 e. The van der Waals surface area contributed by atoms with Gasteiger partial charge in [-0.2, -0.15) is 0 Å². The lowest BCUT2D eigenvalue weighted by Gasteiger charge is -2.24. The van der Waals surface area contributed by atoms with E-state index in [9.17, 15) is 19.2 Å². The number of ketones is 1. The molecule has 1 aliphatic carbocycles. The molecule has 0 aromatic carbocycles. The van der Waals surface area contributed by atoms with Crippen molar-refractivity contribution < 1.29 is 42.9 Å². The fraction of sp³-hybridized carbons (Fsp3) is 0.524. The average Bonchev–Trinajstić information content (AvgIpc) is 3.05. The van der Waals surface area contributed by atoms with Crippen molar-refractivity contribution in [2.45, 2.75) is 31.5 Å². The van der Waals surface area contributed by atoms with E-state index in [1.54, 1.807) is 0 Å². The molecule has 0 aliphatic heterocycles. The predicted molar refractivity (Wildman–Crippen MR) is 105 cm³/mol. The topological polar surface area (TPSA) is 114 Å². The Kier molecular flexibility index (Phi) is 12.0. The molecule has 3 unspecified atom stereocenters. The second kappa shape index (κ2) is 14.2. The van der Waals surface area contributed by atoms with Crippen molar-refractivity contribution >= 4 is 23.7 Å². The van der Waals surface area contributed by atoms with Crippen molar-refractivity contribution in [2.75, 3.05) is 33.0 Å². The molecule has 0 bridgehead atoms. The molecular formula is C21H28O9. The minimum absolute atomic E-state index is 0.0126. The maximum atomic E-state index is 12.4. The molecule has 1 aliphatic rings. The molecule has 30 heavy (non-hydrogen) atoms. The van der Waals surface area contributed by atoms with Crippen LogP contribution in [0.2, 0.25) is 0 Å². The zero-order valence-corrected chi connectivity index (χ0v) is 16.9. The summed E-state index contributed by atoms with van der Waals surface area (Å²) in [5.41, 5.74) is 0. The lowest BCUT2D eigenvalue weighted by atomic mass is 9.97. The summed E-state index contributed by atoms with van der Waals surface area (Å²) in [5.74, 6) is -2.08. The van der Waals surface area contributed by atoms with Crippen LogP contribution in [0.3, 0.4) is 0 Å². The highest BCUT2D eigenvalue weighted by Crippen LogP contribution is 2.32. The average molecular weight is 424 g/mol. The second-order valence-corrected chi connectivity index (χ2v) is 6.29. The van der Waals surface area contributed by atoms with Gasteiger partial charge in [-0.3, -0.25) is 4.79 Å². The Bertz CT molecular complexity index is 640. The zero-order valence-electron chi connectivity index (χ0n) is 16.9. The van der Waals surface area contributed by atoms with E-state index in [1.807, 2.05) is 0 Å². The van der Waals surface area contributed by atoms with E-state index in [-0.39, 0.29) is 51.2 Å². The lowest BCUT2D eigenvalue weighted by molar-refractivity contribution is -0.142. The standard InChI is InChI=1S/C21H28O9/c1-4-18(23)27-9-7-8-15-17(26-10-11-28-19(24)5-2)14-16(22)21(15)30-13-12-29-20(25)6-3/h4-6,15,17,21H,1-3,7-14H2. The number of rotatable bonds is 15. The van der Waals surface area contributed by atoms with Gasteiger partial charge in [-0.15, -0.1) is 0 Å². The number of hydrogen-bond donors (Lipinski definition) is 0. The summed E-state index contributed by atoms with van der Waals surface area (Å²) in [6.45, 7) is 10.3. The number of hydrogen-bond acceptors (Lipinski definition) is 9. The highest BCUT2D eigenvalue weighted by Gasteiger charge is 2.43. The first-order valence-electron chi connectivity index (χ1n) is 9.56. The number of carbonyl (C=O) groups is 4. The highest BCUT2D eigenvalue weighted by molar-refractivity contribution is 5.86. The van der Waals surface area contributed by atoms with Crippen LogP contribution in [-0.4, -0.2) is 68.9 Å². The number of Topliss-reactive ketones (excluding diaryl/α,β-unsaturated/α-hetero) is 1. The van der Waals surface area contributed by atoms with Gasteiger partial charge in [0.25, 0.3) is 0 Å². The molecule has 1 saturated carbocycles. The zero-order chi connectivity index (χ0) is 22.4. The highest BCUT2D eigenvalue weighted by atomic mass is 16.6. The van der Waals surface area contributed by atoms with Crippen LogP contribution in [0.5, 0.6) is 0 Å². The quantitative estimate of drug-likeness (QED) is 0.166. The third kappa shape index (κ3) is 9.15. The Balaban J connectivity index is 2.59. The molecule has 166 valence electrons. The van der Waals surface area contributed by atoms with Crippen LogP contribution in [0.4, 0.5) is 0 Å². The van der Waals surface area contributed by atoms with Crippen LogP contribution in [0.1, 0.15) is 19.3 Å². The fourth-order valence-electron chi connectivity index (χ4n) is 2.96. The first-order valence-corrected chi connectivity index (χ1v) is 9.56. The molecule has 0 heterocycles. The molecule has 9 heteroatoms. The molecule has 0 aromatic heterocycles. The molecule has 0 amide bonds. The van der Waals surface area contributed by atoms with Gasteiger partial charge in [-0.1, -0.05) is 19.7 Å². The van der Waals surface area contributed by atoms with E-state index in [4.69, 9.17) is 23.7 Å². The van der Waals surface area contributed by atoms with Gasteiger partial charge >= 0.3 is 17.9 Å². The SMILES string of the molecule is C=CC(=O)OCCCC1C(OCCOC(=O)C=C)CC(=O)C1OCCOC(=O)C=C. The molecule has 0 spiro atoms. The van der Waals surface area contributed by atoms with E-state index >= 15 is 0 Å². The molecule has 0 radical (unpaired) electrons. The minimum atomic E-state index is -0.733. The van der Waals surface area contributed by atoms with Crippen molar-refractivity contribution in [2.24, 2.45) is 5.92 Å². The van der Waals surface area contributed by atoms with Crippen LogP contribution in [-0.2, 0) is 42.9 Å². The Morgan fingerprint density at radius 1 is 0.800 bits per heavy atom. The van der Waals surface area contributed by atoms with E-state index in [2.05, 4.69) is 19.7 Å². The van der Waals surface area contributed by atoms with E-state index in [1.165, 1.54) is 0 Å². The van der Waals surface area contributed by atoms with Crippen LogP contribution in [0.15, 0.2) is 38.0 Å². The Labute approximate surface area is 175 Å². The van der Waals surface area contributed by atoms with Gasteiger partial charge in [0.2, 0.25) is 0 Å². The molecule has 0 aromatic rings. The molecule has 1 fully saturated rings. The summed E-state index contributed by atoms with van der Waals surface area (Å²) in [6, 6.07) is 0. The Hall–Kier alpha value is -2.78. The third-order valence-electron chi connectivity index (χ3n) is 4.30. The van der Waals surface area contributed by atoms with Crippen molar-refractivity contribution in [3.05, 3.63) is 38.0 Å².